The quantitative estimate of drug-likeness (QED) is 0.889. The zero-order valence-electron chi connectivity index (χ0n) is 11.1. The minimum Gasteiger partial charge on any atom is -0.478 e. The molecule has 6 heteroatoms. The molecule has 4 nitrogen and oxygen atoms in total. The van der Waals surface area contributed by atoms with Crippen molar-refractivity contribution < 1.29 is 18.3 Å². The first-order valence-corrected chi connectivity index (χ1v) is 6.26. The number of rotatable bonds is 5. The van der Waals surface area contributed by atoms with Crippen molar-refractivity contribution in [2.45, 2.75) is 6.54 Å². The van der Waals surface area contributed by atoms with Gasteiger partial charge in [0.05, 0.1) is 0 Å². The molecule has 3 N–H and O–H groups in total. The van der Waals surface area contributed by atoms with E-state index < -0.39 is 29.9 Å². The van der Waals surface area contributed by atoms with Crippen LogP contribution in [0, 0.1) is 11.6 Å². The van der Waals surface area contributed by atoms with Crippen LogP contribution in [-0.2, 0) is 11.3 Å². The lowest BCUT2D eigenvalue weighted by molar-refractivity contribution is -0.118. The second kappa shape index (κ2) is 6.81. The van der Waals surface area contributed by atoms with Gasteiger partial charge in [-0.1, -0.05) is 18.2 Å². The number of hydrogen-bond acceptors (Lipinski definition) is 3. The first-order chi connectivity index (χ1) is 10.1. The summed E-state index contributed by atoms with van der Waals surface area (Å²) in [5.74, 6) is -2.78. The summed E-state index contributed by atoms with van der Waals surface area (Å²) in [6.45, 7) is -0.0829. The summed E-state index contributed by atoms with van der Waals surface area (Å²) < 4.78 is 31.5. The molecule has 0 spiro atoms. The Bertz CT molecular complexity index is 610. The number of ether oxygens (including phenoxy) is 1. The Morgan fingerprint density at radius 3 is 2.29 bits per heavy atom. The van der Waals surface area contributed by atoms with Crippen molar-refractivity contribution in [2.75, 3.05) is 11.9 Å². The van der Waals surface area contributed by atoms with Gasteiger partial charge in [0.2, 0.25) is 0 Å². The van der Waals surface area contributed by atoms with Crippen molar-refractivity contribution in [2.24, 2.45) is 5.73 Å². The summed E-state index contributed by atoms with van der Waals surface area (Å²) in [6.07, 6.45) is 0. The number of benzene rings is 2. The third-order valence-electron chi connectivity index (χ3n) is 2.74. The number of nitrogens with two attached hydrogens (primary N) is 1. The molecule has 1 amide bonds. The van der Waals surface area contributed by atoms with Crippen molar-refractivity contribution in [3.05, 3.63) is 59.7 Å². The van der Waals surface area contributed by atoms with Crippen LogP contribution in [0.4, 0.5) is 14.5 Å². The second-order valence-corrected chi connectivity index (χ2v) is 4.29. The first kappa shape index (κ1) is 14.9. The summed E-state index contributed by atoms with van der Waals surface area (Å²) in [7, 11) is 0. The van der Waals surface area contributed by atoms with Crippen molar-refractivity contribution >= 4 is 11.6 Å². The van der Waals surface area contributed by atoms with Crippen LogP contribution in [0.2, 0.25) is 0 Å². The summed E-state index contributed by atoms with van der Waals surface area (Å²) in [6, 6.07) is 10.2. The molecule has 0 aromatic heterocycles. The normalized spacial score (nSPS) is 10.2. The lowest BCUT2D eigenvalue weighted by atomic mass is 10.2. The van der Waals surface area contributed by atoms with Crippen LogP contribution in [0.5, 0.6) is 5.75 Å². The number of anilines is 1. The van der Waals surface area contributed by atoms with Gasteiger partial charge in [0.25, 0.3) is 5.91 Å². The molecule has 0 aliphatic rings. The van der Waals surface area contributed by atoms with Crippen molar-refractivity contribution in [1.82, 2.24) is 0 Å². The lowest BCUT2D eigenvalue weighted by Gasteiger charge is -2.09. The fourth-order valence-electron chi connectivity index (χ4n) is 1.68. The predicted octanol–water partition coefficient (Wildman–Crippen LogP) is 2.44. The molecule has 0 bridgehead atoms. The molecule has 0 saturated heterocycles. The standard InChI is InChI=1S/C15H14F2N2O2/c16-12-2-1-3-13(17)15(12)21-9-14(20)19-11-6-4-10(8-18)5-7-11/h1-7H,8-9,18H2,(H,19,20). The Morgan fingerprint density at radius 1 is 1.10 bits per heavy atom. The molecule has 2 aromatic rings. The summed E-state index contributed by atoms with van der Waals surface area (Å²) in [4.78, 5) is 11.7. The molecule has 0 aliphatic heterocycles. The number of carbonyl (C=O) groups excluding carboxylic acids is 1. The zero-order valence-corrected chi connectivity index (χ0v) is 11.1. The Morgan fingerprint density at radius 2 is 1.71 bits per heavy atom. The van der Waals surface area contributed by atoms with E-state index in [2.05, 4.69) is 5.32 Å². The van der Waals surface area contributed by atoms with Gasteiger partial charge in [0, 0.05) is 12.2 Å². The van der Waals surface area contributed by atoms with Crippen molar-refractivity contribution in [1.29, 1.82) is 0 Å². The number of nitrogens with one attached hydrogen (secondary N) is 1. The van der Waals surface area contributed by atoms with Gasteiger partial charge in [0.15, 0.2) is 24.0 Å². The number of carbonyl (C=O) groups is 1. The molecular formula is C15H14F2N2O2. The third kappa shape index (κ3) is 4.00. The van der Waals surface area contributed by atoms with Gasteiger partial charge in [-0.2, -0.15) is 0 Å². The van der Waals surface area contributed by atoms with Crippen molar-refractivity contribution in [3.8, 4) is 5.75 Å². The number of para-hydroxylation sites is 1. The van der Waals surface area contributed by atoms with Gasteiger partial charge >= 0.3 is 0 Å². The van der Waals surface area contributed by atoms with Gasteiger partial charge < -0.3 is 15.8 Å². The molecule has 0 aliphatic carbocycles. The van der Waals surface area contributed by atoms with Crippen LogP contribution >= 0.6 is 0 Å². The molecular weight excluding hydrogens is 278 g/mol. The van der Waals surface area contributed by atoms with E-state index in [-0.39, 0.29) is 0 Å². The van der Waals surface area contributed by atoms with E-state index in [9.17, 15) is 13.6 Å². The van der Waals surface area contributed by atoms with E-state index in [1.54, 1.807) is 24.3 Å². The Labute approximate surface area is 120 Å². The SMILES string of the molecule is NCc1ccc(NC(=O)COc2c(F)cccc2F)cc1. The molecule has 0 saturated carbocycles. The van der Waals surface area contributed by atoms with E-state index in [0.29, 0.717) is 12.2 Å². The molecule has 0 radical (unpaired) electrons. The first-order valence-electron chi connectivity index (χ1n) is 6.26. The van der Waals surface area contributed by atoms with Crippen LogP contribution < -0.4 is 15.8 Å². The molecule has 0 fully saturated rings. The molecule has 0 heterocycles. The van der Waals surface area contributed by atoms with Gasteiger partial charge in [-0.05, 0) is 29.8 Å². The fraction of sp³-hybridized carbons (Fsp3) is 0.133. The zero-order chi connectivity index (χ0) is 15.2. The van der Waals surface area contributed by atoms with E-state index >= 15 is 0 Å². The minimum absolute atomic E-state index is 0.407. The van der Waals surface area contributed by atoms with E-state index in [0.717, 1.165) is 17.7 Å². The Balaban J connectivity index is 1.92. The summed E-state index contributed by atoms with van der Waals surface area (Å²) in [5.41, 5.74) is 6.94. The maximum Gasteiger partial charge on any atom is 0.262 e. The molecule has 21 heavy (non-hydrogen) atoms. The van der Waals surface area contributed by atoms with Crippen LogP contribution in [0.15, 0.2) is 42.5 Å². The maximum absolute atomic E-state index is 13.3. The molecule has 0 atom stereocenters. The highest BCUT2D eigenvalue weighted by Gasteiger charge is 2.11. The van der Waals surface area contributed by atoms with Crippen LogP contribution in [0.3, 0.4) is 0 Å². The molecule has 2 aromatic carbocycles. The fourth-order valence-corrected chi connectivity index (χ4v) is 1.68. The summed E-state index contributed by atoms with van der Waals surface area (Å²) >= 11 is 0. The smallest absolute Gasteiger partial charge is 0.262 e. The third-order valence-corrected chi connectivity index (χ3v) is 2.74. The van der Waals surface area contributed by atoms with Crippen molar-refractivity contribution in [3.63, 3.8) is 0 Å². The lowest BCUT2D eigenvalue weighted by Crippen LogP contribution is -2.20. The predicted molar refractivity (Wildman–Crippen MR) is 74.8 cm³/mol. The monoisotopic (exact) mass is 292 g/mol. The average Bonchev–Trinajstić information content (AvgIpc) is 2.47. The van der Waals surface area contributed by atoms with E-state index in [4.69, 9.17) is 10.5 Å². The second-order valence-electron chi connectivity index (χ2n) is 4.29. The highest BCUT2D eigenvalue weighted by atomic mass is 19.1. The van der Waals surface area contributed by atoms with E-state index in [1.807, 2.05) is 0 Å². The number of halogens is 2. The maximum atomic E-state index is 13.3. The highest BCUT2D eigenvalue weighted by Crippen LogP contribution is 2.20. The molecule has 0 unspecified atom stereocenters. The molecule has 110 valence electrons. The number of amides is 1. The van der Waals surface area contributed by atoms with Gasteiger partial charge in [0.1, 0.15) is 0 Å². The highest BCUT2D eigenvalue weighted by molar-refractivity contribution is 5.91. The Kier molecular flexibility index (Phi) is 4.84. The molecule has 2 rings (SSSR count). The minimum atomic E-state index is -0.852. The average molecular weight is 292 g/mol. The van der Waals surface area contributed by atoms with Gasteiger partial charge in [-0.15, -0.1) is 0 Å². The topological polar surface area (TPSA) is 64.3 Å². The Hall–Kier alpha value is -2.47. The van der Waals surface area contributed by atoms with E-state index in [1.165, 1.54) is 6.07 Å². The summed E-state index contributed by atoms with van der Waals surface area (Å²) in [5, 5.41) is 2.55. The van der Waals surface area contributed by atoms with Crippen LogP contribution in [0.25, 0.3) is 0 Å². The van der Waals surface area contributed by atoms with Gasteiger partial charge in [-0.25, -0.2) is 8.78 Å². The number of hydrogen-bond donors (Lipinski definition) is 2. The van der Waals surface area contributed by atoms with Crippen LogP contribution in [0.1, 0.15) is 5.56 Å². The van der Waals surface area contributed by atoms with Gasteiger partial charge in [-0.3, -0.25) is 4.79 Å². The van der Waals surface area contributed by atoms with Crippen LogP contribution in [-0.4, -0.2) is 12.5 Å². The largest absolute Gasteiger partial charge is 0.478 e.